The predicted molar refractivity (Wildman–Crippen MR) is 61.3 cm³/mol. The maximum Gasteiger partial charge on any atom is 0.119 e. The Balaban J connectivity index is 2.46. The molecule has 3 nitrogen and oxygen atoms in total. The Morgan fingerprint density at radius 2 is 1.87 bits per heavy atom. The first-order chi connectivity index (χ1) is 7.03. The molecular weight excluding hydrogens is 190 g/mol. The second-order valence-electron chi connectivity index (χ2n) is 4.48. The van der Waals surface area contributed by atoms with Gasteiger partial charge in [0.2, 0.25) is 0 Å². The van der Waals surface area contributed by atoms with E-state index in [0.29, 0.717) is 6.61 Å². The average molecular weight is 209 g/mol. The molecule has 1 rings (SSSR count). The van der Waals surface area contributed by atoms with E-state index in [1.165, 1.54) is 0 Å². The number of hydrogen-bond acceptors (Lipinski definition) is 3. The van der Waals surface area contributed by atoms with E-state index < -0.39 is 0 Å². The van der Waals surface area contributed by atoms with Gasteiger partial charge in [-0.3, -0.25) is 0 Å². The van der Waals surface area contributed by atoms with Gasteiger partial charge >= 0.3 is 0 Å². The number of hydrogen-bond donors (Lipinski definition) is 2. The zero-order valence-corrected chi connectivity index (χ0v) is 9.58. The van der Waals surface area contributed by atoms with Crippen LogP contribution in [0.3, 0.4) is 0 Å². The summed E-state index contributed by atoms with van der Waals surface area (Å²) in [4.78, 5) is 0. The zero-order valence-electron chi connectivity index (χ0n) is 9.58. The molecule has 1 aromatic carbocycles. The van der Waals surface area contributed by atoms with Crippen molar-refractivity contribution in [2.45, 2.75) is 13.8 Å². The van der Waals surface area contributed by atoms with Crippen LogP contribution in [0.25, 0.3) is 0 Å². The standard InChI is InChI=1S/C12H19NO2/c1-12(2,8-13-3)9-15-11-6-4-10(14)5-7-11/h4-7,13-14H,8-9H2,1-3H3. The SMILES string of the molecule is CNCC(C)(C)COc1ccc(O)cc1. The molecule has 0 amide bonds. The predicted octanol–water partition coefficient (Wildman–Crippen LogP) is 2.02. The largest absolute Gasteiger partial charge is 0.508 e. The summed E-state index contributed by atoms with van der Waals surface area (Å²) >= 11 is 0. The number of benzene rings is 1. The number of nitrogens with one attached hydrogen (secondary N) is 1. The molecule has 0 heterocycles. The van der Waals surface area contributed by atoms with Gasteiger partial charge in [-0.2, -0.15) is 0 Å². The van der Waals surface area contributed by atoms with Crippen molar-refractivity contribution in [1.29, 1.82) is 0 Å². The van der Waals surface area contributed by atoms with Crippen molar-refractivity contribution >= 4 is 0 Å². The molecule has 0 bridgehead atoms. The summed E-state index contributed by atoms with van der Waals surface area (Å²) in [6.45, 7) is 5.84. The molecule has 0 radical (unpaired) electrons. The van der Waals surface area contributed by atoms with Crippen LogP contribution in [0.1, 0.15) is 13.8 Å². The van der Waals surface area contributed by atoms with Gasteiger partial charge in [-0.15, -0.1) is 0 Å². The van der Waals surface area contributed by atoms with Crippen LogP contribution in [0, 0.1) is 5.41 Å². The quantitative estimate of drug-likeness (QED) is 0.779. The molecule has 3 heteroatoms. The molecular formula is C12H19NO2. The molecule has 0 saturated carbocycles. The molecule has 0 atom stereocenters. The van der Waals surface area contributed by atoms with E-state index >= 15 is 0 Å². The van der Waals surface area contributed by atoms with Crippen LogP contribution in [0.5, 0.6) is 11.5 Å². The Labute approximate surface area is 91.1 Å². The van der Waals surface area contributed by atoms with Crippen molar-refractivity contribution in [2.75, 3.05) is 20.2 Å². The van der Waals surface area contributed by atoms with Gasteiger partial charge < -0.3 is 15.2 Å². The molecule has 0 fully saturated rings. The van der Waals surface area contributed by atoms with Gasteiger partial charge in [0.1, 0.15) is 11.5 Å². The first-order valence-corrected chi connectivity index (χ1v) is 5.10. The molecule has 1 aromatic rings. The van der Waals surface area contributed by atoms with Gasteiger partial charge in [-0.05, 0) is 31.3 Å². The minimum absolute atomic E-state index is 0.104. The number of ether oxygens (including phenoxy) is 1. The van der Waals surface area contributed by atoms with E-state index in [-0.39, 0.29) is 11.2 Å². The molecule has 84 valence electrons. The van der Waals surface area contributed by atoms with Crippen molar-refractivity contribution in [2.24, 2.45) is 5.41 Å². The lowest BCUT2D eigenvalue weighted by atomic mass is 9.95. The number of rotatable bonds is 5. The molecule has 0 aliphatic carbocycles. The number of phenols is 1. The smallest absolute Gasteiger partial charge is 0.119 e. The fourth-order valence-corrected chi connectivity index (χ4v) is 1.35. The van der Waals surface area contributed by atoms with Crippen LogP contribution in [0.15, 0.2) is 24.3 Å². The second kappa shape index (κ2) is 5.03. The van der Waals surface area contributed by atoms with Gasteiger partial charge in [-0.25, -0.2) is 0 Å². The Bertz CT molecular complexity index is 293. The third-order valence-corrected chi connectivity index (χ3v) is 2.12. The molecule has 0 aliphatic heterocycles. The van der Waals surface area contributed by atoms with Gasteiger partial charge in [0.15, 0.2) is 0 Å². The Morgan fingerprint density at radius 3 is 2.40 bits per heavy atom. The summed E-state index contributed by atoms with van der Waals surface area (Å²) in [6.07, 6.45) is 0. The van der Waals surface area contributed by atoms with E-state index in [9.17, 15) is 0 Å². The molecule has 15 heavy (non-hydrogen) atoms. The highest BCUT2D eigenvalue weighted by molar-refractivity contribution is 5.30. The first-order valence-electron chi connectivity index (χ1n) is 5.10. The third-order valence-electron chi connectivity index (χ3n) is 2.12. The second-order valence-corrected chi connectivity index (χ2v) is 4.48. The summed E-state index contributed by atoms with van der Waals surface area (Å²) in [5.41, 5.74) is 0.104. The van der Waals surface area contributed by atoms with E-state index in [1.807, 2.05) is 7.05 Å². The van der Waals surface area contributed by atoms with Gasteiger partial charge in [0, 0.05) is 12.0 Å². The fourth-order valence-electron chi connectivity index (χ4n) is 1.35. The highest BCUT2D eigenvalue weighted by atomic mass is 16.5. The highest BCUT2D eigenvalue weighted by Crippen LogP contribution is 2.20. The fraction of sp³-hybridized carbons (Fsp3) is 0.500. The summed E-state index contributed by atoms with van der Waals surface area (Å²) in [5, 5.41) is 12.2. The molecule has 2 N–H and O–H groups in total. The highest BCUT2D eigenvalue weighted by Gasteiger charge is 2.17. The van der Waals surface area contributed by atoms with Crippen molar-refractivity contribution in [3.63, 3.8) is 0 Å². The topological polar surface area (TPSA) is 41.5 Å². The van der Waals surface area contributed by atoms with Crippen LogP contribution in [-0.2, 0) is 0 Å². The molecule has 0 unspecified atom stereocenters. The lowest BCUT2D eigenvalue weighted by molar-refractivity contribution is 0.179. The van der Waals surface area contributed by atoms with Crippen LogP contribution in [0.4, 0.5) is 0 Å². The third kappa shape index (κ3) is 4.21. The number of phenolic OH excluding ortho intramolecular Hbond substituents is 1. The molecule has 0 saturated heterocycles. The molecule has 0 spiro atoms. The van der Waals surface area contributed by atoms with E-state index in [4.69, 9.17) is 9.84 Å². The monoisotopic (exact) mass is 209 g/mol. The van der Waals surface area contributed by atoms with Gasteiger partial charge in [0.25, 0.3) is 0 Å². The Morgan fingerprint density at radius 1 is 1.27 bits per heavy atom. The maximum absolute atomic E-state index is 9.10. The molecule has 0 aromatic heterocycles. The van der Waals surface area contributed by atoms with Crippen molar-refractivity contribution < 1.29 is 9.84 Å². The van der Waals surface area contributed by atoms with E-state index in [1.54, 1.807) is 24.3 Å². The normalized spacial score (nSPS) is 11.4. The van der Waals surface area contributed by atoms with Crippen molar-refractivity contribution in [3.8, 4) is 11.5 Å². The van der Waals surface area contributed by atoms with Crippen LogP contribution < -0.4 is 10.1 Å². The maximum atomic E-state index is 9.10. The van der Waals surface area contributed by atoms with Crippen LogP contribution >= 0.6 is 0 Å². The average Bonchev–Trinajstić information content (AvgIpc) is 2.17. The van der Waals surface area contributed by atoms with Crippen LogP contribution in [-0.4, -0.2) is 25.3 Å². The first kappa shape index (κ1) is 11.9. The summed E-state index contributed by atoms with van der Waals surface area (Å²) < 4.78 is 5.63. The summed E-state index contributed by atoms with van der Waals surface area (Å²) in [6, 6.07) is 6.79. The van der Waals surface area contributed by atoms with Gasteiger partial charge in [-0.1, -0.05) is 13.8 Å². The van der Waals surface area contributed by atoms with E-state index in [0.717, 1.165) is 12.3 Å². The van der Waals surface area contributed by atoms with E-state index in [2.05, 4.69) is 19.2 Å². The summed E-state index contributed by atoms with van der Waals surface area (Å²) in [7, 11) is 1.93. The summed E-state index contributed by atoms with van der Waals surface area (Å²) in [5.74, 6) is 1.05. The minimum Gasteiger partial charge on any atom is -0.508 e. The lowest BCUT2D eigenvalue weighted by Crippen LogP contribution is -2.32. The zero-order chi connectivity index (χ0) is 11.3. The van der Waals surface area contributed by atoms with Crippen molar-refractivity contribution in [1.82, 2.24) is 5.32 Å². The number of aromatic hydroxyl groups is 1. The Hall–Kier alpha value is -1.22. The lowest BCUT2D eigenvalue weighted by Gasteiger charge is -2.24. The molecule has 0 aliphatic rings. The Kier molecular flexibility index (Phi) is 3.97. The van der Waals surface area contributed by atoms with Crippen molar-refractivity contribution in [3.05, 3.63) is 24.3 Å². The van der Waals surface area contributed by atoms with Gasteiger partial charge in [0.05, 0.1) is 6.61 Å². The minimum atomic E-state index is 0.104. The van der Waals surface area contributed by atoms with Crippen LogP contribution in [0.2, 0.25) is 0 Å².